The van der Waals surface area contributed by atoms with Crippen molar-refractivity contribution in [1.29, 1.82) is 0 Å². The van der Waals surface area contributed by atoms with Crippen molar-refractivity contribution >= 4 is 12.0 Å². The molecule has 1 fully saturated rings. The van der Waals surface area contributed by atoms with Crippen molar-refractivity contribution in [2.75, 3.05) is 13.1 Å². The molecule has 0 aromatic carbocycles. The van der Waals surface area contributed by atoms with Crippen LogP contribution in [0.2, 0.25) is 0 Å². The minimum atomic E-state index is -0.952. The van der Waals surface area contributed by atoms with E-state index in [1.807, 2.05) is 6.92 Å². The predicted octanol–water partition coefficient (Wildman–Crippen LogP) is 2.46. The number of urea groups is 1. The Kier molecular flexibility index (Phi) is 5.63. The molecule has 0 aromatic heterocycles. The molecule has 0 saturated carbocycles. The molecule has 0 spiro atoms. The molecule has 1 rings (SSSR count). The Labute approximate surface area is 115 Å². The van der Waals surface area contributed by atoms with Gasteiger partial charge < -0.3 is 15.3 Å². The summed E-state index contributed by atoms with van der Waals surface area (Å²) in [4.78, 5) is 24.9. The zero-order valence-electron chi connectivity index (χ0n) is 12.2. The first-order chi connectivity index (χ1) is 8.98. The lowest BCUT2D eigenvalue weighted by atomic mass is 9.82. The molecule has 1 unspecified atom stereocenters. The summed E-state index contributed by atoms with van der Waals surface area (Å²) in [5, 5.41) is 11.7. The number of carbonyl (C=O) groups excluding carboxylic acids is 1. The van der Waals surface area contributed by atoms with Crippen molar-refractivity contribution in [3.63, 3.8) is 0 Å². The average Bonchev–Trinajstić information content (AvgIpc) is 2.83. The second-order valence-corrected chi connectivity index (χ2v) is 5.51. The zero-order chi connectivity index (χ0) is 14.5. The summed E-state index contributed by atoms with van der Waals surface area (Å²) in [6.07, 6.45) is 4.35. The Balaban J connectivity index is 2.57. The fraction of sp³-hybridized carbons (Fsp3) is 0.857. The Hall–Kier alpha value is -1.26. The minimum Gasteiger partial charge on any atom is -0.480 e. The summed E-state index contributed by atoms with van der Waals surface area (Å²) in [7, 11) is 0. The van der Waals surface area contributed by atoms with E-state index in [4.69, 9.17) is 5.11 Å². The van der Waals surface area contributed by atoms with Crippen molar-refractivity contribution in [3.05, 3.63) is 0 Å². The van der Waals surface area contributed by atoms with Crippen molar-refractivity contribution in [2.45, 2.75) is 58.9 Å². The summed E-state index contributed by atoms with van der Waals surface area (Å²) in [6.45, 7) is 7.69. The van der Waals surface area contributed by atoms with Gasteiger partial charge in [0.25, 0.3) is 0 Å². The van der Waals surface area contributed by atoms with Crippen LogP contribution >= 0.6 is 0 Å². The normalized spacial score (nSPS) is 19.2. The van der Waals surface area contributed by atoms with Gasteiger partial charge in [-0.05, 0) is 31.1 Å². The third kappa shape index (κ3) is 3.85. The smallest absolute Gasteiger partial charge is 0.326 e. The van der Waals surface area contributed by atoms with E-state index in [2.05, 4.69) is 19.2 Å². The van der Waals surface area contributed by atoms with Crippen molar-refractivity contribution in [1.82, 2.24) is 10.2 Å². The summed E-state index contributed by atoms with van der Waals surface area (Å²) in [5.74, 6) is -0.952. The van der Waals surface area contributed by atoms with Gasteiger partial charge in [-0.2, -0.15) is 0 Å². The molecule has 2 amide bonds. The van der Waals surface area contributed by atoms with Gasteiger partial charge in [0.05, 0.1) is 0 Å². The molecule has 0 bridgehead atoms. The Bertz CT molecular complexity index is 327. The Morgan fingerprint density at radius 2 is 1.95 bits per heavy atom. The number of carbonyl (C=O) groups is 2. The Morgan fingerprint density at radius 3 is 2.37 bits per heavy atom. The molecule has 2 N–H and O–H groups in total. The van der Waals surface area contributed by atoms with Crippen LogP contribution in [0.3, 0.4) is 0 Å². The van der Waals surface area contributed by atoms with Crippen LogP contribution in [0.5, 0.6) is 0 Å². The monoisotopic (exact) mass is 270 g/mol. The maximum atomic E-state index is 12.1. The molecule has 1 heterocycles. The number of hydrogen-bond acceptors (Lipinski definition) is 2. The van der Waals surface area contributed by atoms with Gasteiger partial charge in [0, 0.05) is 13.1 Å². The summed E-state index contributed by atoms with van der Waals surface area (Å²) < 4.78 is 0. The van der Waals surface area contributed by atoms with E-state index in [0.29, 0.717) is 6.42 Å². The van der Waals surface area contributed by atoms with E-state index >= 15 is 0 Å². The maximum Gasteiger partial charge on any atom is 0.326 e. The van der Waals surface area contributed by atoms with Crippen LogP contribution in [-0.2, 0) is 4.79 Å². The predicted molar refractivity (Wildman–Crippen MR) is 74.1 cm³/mol. The quantitative estimate of drug-likeness (QED) is 0.779. The average molecular weight is 270 g/mol. The molecular weight excluding hydrogens is 244 g/mol. The van der Waals surface area contributed by atoms with Crippen molar-refractivity contribution in [2.24, 2.45) is 5.41 Å². The molecule has 0 aromatic rings. The van der Waals surface area contributed by atoms with E-state index < -0.39 is 12.0 Å². The molecule has 5 nitrogen and oxygen atoms in total. The largest absolute Gasteiger partial charge is 0.480 e. The first-order valence-electron chi connectivity index (χ1n) is 7.26. The van der Waals surface area contributed by atoms with Crippen LogP contribution < -0.4 is 5.32 Å². The molecule has 0 radical (unpaired) electrons. The highest BCUT2D eigenvalue weighted by Crippen LogP contribution is 2.36. The number of likely N-dealkylation sites (tertiary alicyclic amines) is 1. The fourth-order valence-corrected chi connectivity index (χ4v) is 2.72. The number of nitrogens with zero attached hydrogens (tertiary/aromatic N) is 1. The zero-order valence-corrected chi connectivity index (χ0v) is 12.2. The molecule has 110 valence electrons. The number of carboxylic acids is 1. The molecule has 1 aliphatic heterocycles. The van der Waals surface area contributed by atoms with Gasteiger partial charge in [0.15, 0.2) is 0 Å². The fourth-order valence-electron chi connectivity index (χ4n) is 2.72. The highest BCUT2D eigenvalue weighted by atomic mass is 16.4. The summed E-state index contributed by atoms with van der Waals surface area (Å²) >= 11 is 0. The number of hydrogen-bond donors (Lipinski definition) is 2. The van der Waals surface area contributed by atoms with Gasteiger partial charge in [0.1, 0.15) is 6.04 Å². The van der Waals surface area contributed by atoms with Gasteiger partial charge in [-0.1, -0.05) is 27.2 Å². The second kappa shape index (κ2) is 6.78. The van der Waals surface area contributed by atoms with Crippen LogP contribution in [0.15, 0.2) is 0 Å². The third-order valence-electron chi connectivity index (χ3n) is 4.40. The minimum absolute atomic E-state index is 0.223. The van der Waals surface area contributed by atoms with Crippen LogP contribution in [0.25, 0.3) is 0 Å². The second-order valence-electron chi connectivity index (χ2n) is 5.51. The van der Waals surface area contributed by atoms with Gasteiger partial charge in [-0.25, -0.2) is 9.59 Å². The molecule has 19 heavy (non-hydrogen) atoms. The topological polar surface area (TPSA) is 69.6 Å². The van der Waals surface area contributed by atoms with E-state index in [-0.39, 0.29) is 11.4 Å². The summed E-state index contributed by atoms with van der Waals surface area (Å²) in [5.41, 5.74) is 0.223. The molecule has 0 aliphatic carbocycles. The highest BCUT2D eigenvalue weighted by Gasteiger charge is 2.37. The standard InChI is InChI=1S/C14H26N2O3/c1-4-7-11(12(17)18)15-13(19)16-9-8-14(5-2,6-3)10-16/h11H,4-10H2,1-3H3,(H,15,19)(H,17,18). The van der Waals surface area contributed by atoms with Crippen molar-refractivity contribution < 1.29 is 14.7 Å². The third-order valence-corrected chi connectivity index (χ3v) is 4.40. The van der Waals surface area contributed by atoms with E-state index in [1.54, 1.807) is 4.90 Å². The first kappa shape index (κ1) is 15.8. The van der Waals surface area contributed by atoms with E-state index in [0.717, 1.165) is 38.8 Å². The van der Waals surface area contributed by atoms with Gasteiger partial charge >= 0.3 is 12.0 Å². The summed E-state index contributed by atoms with van der Waals surface area (Å²) in [6, 6.07) is -1.000. The van der Waals surface area contributed by atoms with Gasteiger partial charge in [-0.15, -0.1) is 0 Å². The number of nitrogens with one attached hydrogen (secondary N) is 1. The molecule has 5 heteroatoms. The number of aliphatic carboxylic acids is 1. The SMILES string of the molecule is CCCC(NC(=O)N1CCC(CC)(CC)C1)C(=O)O. The number of carboxylic acid groups (broad SMARTS) is 1. The van der Waals surface area contributed by atoms with Crippen LogP contribution in [0, 0.1) is 5.41 Å². The lowest BCUT2D eigenvalue weighted by molar-refractivity contribution is -0.139. The molecule has 1 aliphatic rings. The number of amides is 2. The number of rotatable bonds is 6. The van der Waals surface area contributed by atoms with Crippen LogP contribution in [0.1, 0.15) is 52.9 Å². The first-order valence-corrected chi connectivity index (χ1v) is 7.26. The Morgan fingerprint density at radius 1 is 1.32 bits per heavy atom. The van der Waals surface area contributed by atoms with Gasteiger partial charge in [-0.3, -0.25) is 0 Å². The maximum absolute atomic E-state index is 12.1. The van der Waals surface area contributed by atoms with E-state index in [9.17, 15) is 9.59 Å². The highest BCUT2D eigenvalue weighted by molar-refractivity contribution is 5.82. The molecular formula is C14H26N2O3. The van der Waals surface area contributed by atoms with Crippen LogP contribution in [0.4, 0.5) is 4.79 Å². The lowest BCUT2D eigenvalue weighted by Crippen LogP contribution is -2.47. The molecule has 1 saturated heterocycles. The van der Waals surface area contributed by atoms with Gasteiger partial charge in [0.2, 0.25) is 0 Å². The van der Waals surface area contributed by atoms with Crippen LogP contribution in [-0.4, -0.2) is 41.1 Å². The molecule has 1 atom stereocenters. The lowest BCUT2D eigenvalue weighted by Gasteiger charge is -2.27. The van der Waals surface area contributed by atoms with E-state index in [1.165, 1.54) is 0 Å². The van der Waals surface area contributed by atoms with Crippen molar-refractivity contribution in [3.8, 4) is 0 Å².